The second-order valence-corrected chi connectivity index (χ2v) is 6.97. The van der Waals surface area contributed by atoms with Gasteiger partial charge in [-0.25, -0.2) is 9.98 Å². The van der Waals surface area contributed by atoms with E-state index in [2.05, 4.69) is 47.9 Å². The highest BCUT2D eigenvalue weighted by Crippen LogP contribution is 2.15. The Morgan fingerprint density at radius 1 is 1.11 bits per heavy atom. The number of aromatic nitrogens is 4. The second-order valence-electron chi connectivity index (χ2n) is 6.97. The predicted molar refractivity (Wildman–Crippen MR) is 121 cm³/mol. The van der Waals surface area contributed by atoms with Crippen LogP contribution in [0.4, 0.5) is 5.82 Å². The maximum Gasteiger partial charge on any atom is 0.194 e. The van der Waals surface area contributed by atoms with Crippen molar-refractivity contribution in [1.82, 2.24) is 30.0 Å². The summed E-state index contributed by atoms with van der Waals surface area (Å²) < 4.78 is 2.25. The molecule has 2 aromatic heterocycles. The van der Waals surface area contributed by atoms with E-state index in [1.165, 1.54) is 12.8 Å². The number of fused-ring (bicyclic) bond motifs is 1. The summed E-state index contributed by atoms with van der Waals surface area (Å²) in [5, 5.41) is 12.1. The molecular weight excluding hydrogens is 467 g/mol. The van der Waals surface area contributed by atoms with Crippen molar-refractivity contribution in [3.63, 3.8) is 0 Å². The molecule has 2 aliphatic rings. The number of nitrogens with zero attached hydrogens (tertiary/aromatic N) is 7. The first-order valence-corrected chi connectivity index (χ1v) is 9.95. The molecule has 8 nitrogen and oxygen atoms in total. The smallest absolute Gasteiger partial charge is 0.194 e. The number of aliphatic imine (C=N–C) groups is 1. The molecule has 0 aromatic carbocycles. The lowest BCUT2D eigenvalue weighted by Gasteiger charge is -2.37. The summed E-state index contributed by atoms with van der Waals surface area (Å²) in [6, 6.07) is 6.07. The molecule has 0 amide bonds. The number of aryl methyl sites for hydroxylation is 1. The highest BCUT2D eigenvalue weighted by atomic mass is 127. The summed E-state index contributed by atoms with van der Waals surface area (Å²) in [5.74, 6) is 4.10. The minimum absolute atomic E-state index is 0. The van der Waals surface area contributed by atoms with Crippen molar-refractivity contribution in [2.75, 3.05) is 37.6 Å². The van der Waals surface area contributed by atoms with E-state index in [0.717, 1.165) is 69.1 Å². The van der Waals surface area contributed by atoms with E-state index in [1.54, 1.807) is 0 Å². The van der Waals surface area contributed by atoms with Crippen molar-refractivity contribution in [3.05, 3.63) is 36.0 Å². The van der Waals surface area contributed by atoms with Crippen LogP contribution in [0.3, 0.4) is 0 Å². The van der Waals surface area contributed by atoms with Crippen LogP contribution in [-0.2, 0) is 19.5 Å². The van der Waals surface area contributed by atoms with Gasteiger partial charge in [-0.3, -0.25) is 0 Å². The average Bonchev–Trinajstić information content (AvgIpc) is 3.15. The minimum atomic E-state index is 0. The molecule has 0 saturated carbocycles. The summed E-state index contributed by atoms with van der Waals surface area (Å²) in [7, 11) is 0. The summed E-state index contributed by atoms with van der Waals surface area (Å²) in [6.45, 7) is 8.32. The molecule has 0 spiro atoms. The Labute approximate surface area is 183 Å². The maximum atomic E-state index is 4.86. The van der Waals surface area contributed by atoms with E-state index < -0.39 is 0 Å². The molecule has 4 rings (SSSR count). The fourth-order valence-electron chi connectivity index (χ4n) is 3.75. The van der Waals surface area contributed by atoms with Gasteiger partial charge in [0.1, 0.15) is 18.2 Å². The molecule has 152 valence electrons. The number of hydrogen-bond acceptors (Lipinski definition) is 5. The second kappa shape index (κ2) is 10.0. The van der Waals surface area contributed by atoms with Crippen molar-refractivity contribution in [1.29, 1.82) is 0 Å². The standard InChI is InChI=1S/C19H28N8.HI/c1-2-20-19(22-15-18-24-23-17-8-4-6-10-27(17)18)26-13-11-25(12-14-26)16-7-3-5-9-21-16;/h3,5,7,9H,2,4,6,8,10-15H2,1H3,(H,20,22);1H. The van der Waals surface area contributed by atoms with Gasteiger partial charge in [0.15, 0.2) is 11.8 Å². The Hall–Kier alpha value is -1.91. The molecule has 0 bridgehead atoms. The molecular formula is C19H29IN8. The van der Waals surface area contributed by atoms with Crippen LogP contribution in [0.25, 0.3) is 0 Å². The highest BCUT2D eigenvalue weighted by molar-refractivity contribution is 14.0. The Balaban J connectivity index is 0.00000225. The number of piperazine rings is 1. The average molecular weight is 496 g/mol. The van der Waals surface area contributed by atoms with Gasteiger partial charge >= 0.3 is 0 Å². The van der Waals surface area contributed by atoms with Gasteiger partial charge in [0, 0.05) is 51.9 Å². The first-order valence-electron chi connectivity index (χ1n) is 9.95. The molecule has 1 fully saturated rings. The van der Waals surface area contributed by atoms with E-state index in [-0.39, 0.29) is 24.0 Å². The Morgan fingerprint density at radius 2 is 1.96 bits per heavy atom. The van der Waals surface area contributed by atoms with E-state index in [1.807, 2.05) is 18.3 Å². The van der Waals surface area contributed by atoms with E-state index in [4.69, 9.17) is 4.99 Å². The van der Waals surface area contributed by atoms with Crippen LogP contribution >= 0.6 is 24.0 Å². The van der Waals surface area contributed by atoms with Gasteiger partial charge in [-0.15, -0.1) is 34.2 Å². The molecule has 0 radical (unpaired) electrons. The Bertz CT molecular complexity index is 767. The van der Waals surface area contributed by atoms with Gasteiger partial charge in [0.05, 0.1) is 0 Å². The highest BCUT2D eigenvalue weighted by Gasteiger charge is 2.21. The van der Waals surface area contributed by atoms with E-state index in [9.17, 15) is 0 Å². The van der Waals surface area contributed by atoms with Crippen molar-refractivity contribution in [3.8, 4) is 0 Å². The molecule has 0 atom stereocenters. The molecule has 2 aliphatic heterocycles. The number of guanidine groups is 1. The number of pyridine rings is 1. The van der Waals surface area contributed by atoms with Gasteiger partial charge in [-0.05, 0) is 31.9 Å². The molecule has 2 aromatic rings. The van der Waals surface area contributed by atoms with Crippen LogP contribution in [0.1, 0.15) is 31.4 Å². The monoisotopic (exact) mass is 496 g/mol. The Kier molecular flexibility index (Phi) is 7.46. The predicted octanol–water partition coefficient (Wildman–Crippen LogP) is 1.92. The van der Waals surface area contributed by atoms with Crippen LogP contribution in [0.2, 0.25) is 0 Å². The van der Waals surface area contributed by atoms with E-state index in [0.29, 0.717) is 6.54 Å². The van der Waals surface area contributed by atoms with Gasteiger partial charge in [0.2, 0.25) is 0 Å². The lowest BCUT2D eigenvalue weighted by atomic mass is 10.2. The topological polar surface area (TPSA) is 74.5 Å². The van der Waals surface area contributed by atoms with Crippen LogP contribution in [0, 0.1) is 0 Å². The van der Waals surface area contributed by atoms with Crippen LogP contribution in [0.5, 0.6) is 0 Å². The normalized spacial score (nSPS) is 17.1. The largest absolute Gasteiger partial charge is 0.357 e. The minimum Gasteiger partial charge on any atom is -0.357 e. The van der Waals surface area contributed by atoms with Gasteiger partial charge < -0.3 is 19.7 Å². The molecule has 1 saturated heterocycles. The van der Waals surface area contributed by atoms with Crippen LogP contribution < -0.4 is 10.2 Å². The molecule has 1 N–H and O–H groups in total. The Morgan fingerprint density at radius 3 is 2.71 bits per heavy atom. The van der Waals surface area contributed by atoms with Crippen molar-refractivity contribution in [2.45, 2.75) is 39.3 Å². The van der Waals surface area contributed by atoms with Crippen molar-refractivity contribution < 1.29 is 0 Å². The number of anilines is 1. The molecule has 4 heterocycles. The SMILES string of the molecule is CCNC(=NCc1nnc2n1CCCC2)N1CCN(c2ccccn2)CC1.I. The summed E-state index contributed by atoms with van der Waals surface area (Å²) in [6.07, 6.45) is 5.31. The van der Waals surface area contributed by atoms with Gasteiger partial charge in [0.25, 0.3) is 0 Å². The lowest BCUT2D eigenvalue weighted by Crippen LogP contribution is -2.52. The van der Waals surface area contributed by atoms with Crippen LogP contribution in [0.15, 0.2) is 29.4 Å². The fourth-order valence-corrected chi connectivity index (χ4v) is 3.75. The molecule has 0 unspecified atom stereocenters. The summed E-state index contributed by atoms with van der Waals surface area (Å²) in [4.78, 5) is 14.0. The molecule has 0 aliphatic carbocycles. The summed E-state index contributed by atoms with van der Waals surface area (Å²) >= 11 is 0. The number of nitrogens with one attached hydrogen (secondary N) is 1. The number of halogens is 1. The zero-order valence-corrected chi connectivity index (χ0v) is 18.7. The quantitative estimate of drug-likeness (QED) is 0.396. The van der Waals surface area contributed by atoms with Crippen LogP contribution in [-0.4, -0.2) is 63.3 Å². The van der Waals surface area contributed by atoms with Crippen molar-refractivity contribution in [2.24, 2.45) is 4.99 Å². The third-order valence-electron chi connectivity index (χ3n) is 5.19. The third kappa shape index (κ3) is 4.73. The third-order valence-corrected chi connectivity index (χ3v) is 5.19. The maximum absolute atomic E-state index is 4.86. The lowest BCUT2D eigenvalue weighted by molar-refractivity contribution is 0.371. The zero-order chi connectivity index (χ0) is 18.5. The number of rotatable bonds is 4. The van der Waals surface area contributed by atoms with Gasteiger partial charge in [-0.1, -0.05) is 6.07 Å². The molecule has 9 heteroatoms. The number of hydrogen-bond donors (Lipinski definition) is 1. The van der Waals surface area contributed by atoms with E-state index >= 15 is 0 Å². The fraction of sp³-hybridized carbons (Fsp3) is 0.579. The van der Waals surface area contributed by atoms with Crippen molar-refractivity contribution >= 4 is 35.8 Å². The summed E-state index contributed by atoms with van der Waals surface area (Å²) in [5.41, 5.74) is 0. The first kappa shape index (κ1) is 20.8. The zero-order valence-electron chi connectivity index (χ0n) is 16.4. The van der Waals surface area contributed by atoms with Gasteiger partial charge in [-0.2, -0.15) is 0 Å². The first-order chi connectivity index (χ1) is 13.3. The molecule has 28 heavy (non-hydrogen) atoms.